The van der Waals surface area contributed by atoms with Crippen molar-refractivity contribution >= 4 is 28.9 Å². The largest absolute Gasteiger partial charge is 0.418 e. The lowest BCUT2D eigenvalue weighted by atomic mass is 10.2. The average Bonchev–Trinajstić information content (AvgIpc) is 2.34. The first-order valence-corrected chi connectivity index (χ1v) is 4.70. The predicted molar refractivity (Wildman–Crippen MR) is 60.7 cm³/mol. The first kappa shape index (κ1) is 15.2. The minimum absolute atomic E-state index is 0.716. The molecule has 0 bridgehead atoms. The van der Waals surface area contributed by atoms with Crippen LogP contribution in [0.1, 0.15) is 5.56 Å². The molecule has 0 N–H and O–H groups in total. The van der Waals surface area contributed by atoms with Crippen molar-refractivity contribution in [2.75, 3.05) is 0 Å². The Hall–Kier alpha value is -2.84. The third-order valence-electron chi connectivity index (χ3n) is 1.78. The third kappa shape index (κ3) is 2.94. The summed E-state index contributed by atoms with van der Waals surface area (Å²) >= 11 is 5.52. The fraction of sp³-hybridized carbons (Fsp3) is 0.167. The van der Waals surface area contributed by atoms with Crippen LogP contribution in [0.2, 0.25) is 5.02 Å². The molecule has 0 aliphatic heterocycles. The van der Waals surface area contributed by atoms with Crippen LogP contribution in [0.3, 0.4) is 0 Å². The maximum atomic E-state index is 12.9. The molecule has 0 saturated carbocycles. The third-order valence-corrected chi connectivity index (χ3v) is 2.13. The molecule has 10 nitrogen and oxygen atoms in total. The van der Waals surface area contributed by atoms with E-state index < -0.39 is 34.1 Å². The highest BCUT2D eigenvalue weighted by Gasteiger charge is 2.38. The van der Waals surface area contributed by atoms with Crippen LogP contribution in [0.15, 0.2) is 15.3 Å². The number of rotatable bonds is 3. The van der Waals surface area contributed by atoms with E-state index in [1.165, 1.54) is 0 Å². The van der Waals surface area contributed by atoms with E-state index in [1.54, 1.807) is 0 Å². The van der Waals surface area contributed by atoms with Crippen LogP contribution in [-0.2, 0) is 6.18 Å². The summed E-state index contributed by atoms with van der Waals surface area (Å²) in [4.78, 5) is 9.82. The van der Waals surface area contributed by atoms with Gasteiger partial charge in [-0.2, -0.15) is 13.2 Å². The molecule has 1 rings (SSSR count). The van der Waals surface area contributed by atoms with Gasteiger partial charge in [0, 0.05) is 14.7 Å². The Labute approximate surface area is 111 Å². The topological polar surface area (TPSA) is 159 Å². The zero-order valence-corrected chi connectivity index (χ0v) is 9.74. The summed E-state index contributed by atoms with van der Waals surface area (Å²) in [5.74, 6) is -1.89. The van der Waals surface area contributed by atoms with Gasteiger partial charge in [0.1, 0.15) is 11.6 Å². The van der Waals surface area contributed by atoms with Gasteiger partial charge in [-0.1, -0.05) is 16.7 Å². The van der Waals surface area contributed by atoms with E-state index in [2.05, 4.69) is 35.1 Å². The fourth-order valence-corrected chi connectivity index (χ4v) is 1.36. The van der Waals surface area contributed by atoms with Crippen LogP contribution in [-0.4, -0.2) is 4.98 Å². The number of hydrogen-bond acceptors (Lipinski definition) is 4. The molecule has 0 aliphatic carbocycles. The number of aromatic nitrogens is 1. The number of alkyl halides is 3. The molecular formula is C6ClF3N10. The minimum atomic E-state index is -5.06. The van der Waals surface area contributed by atoms with Crippen molar-refractivity contribution in [2.45, 2.75) is 6.18 Å². The Bertz CT molecular complexity index is 692. The first-order chi connectivity index (χ1) is 9.36. The van der Waals surface area contributed by atoms with Crippen molar-refractivity contribution in [2.24, 2.45) is 15.3 Å². The highest BCUT2D eigenvalue weighted by molar-refractivity contribution is 6.35. The van der Waals surface area contributed by atoms with Gasteiger partial charge in [0.05, 0.1) is 16.3 Å². The van der Waals surface area contributed by atoms with E-state index in [0.29, 0.717) is 0 Å². The summed E-state index contributed by atoms with van der Waals surface area (Å²) in [6.07, 6.45) is -5.06. The SMILES string of the molecule is [N-]=[N+]=Nc1nc(N=[N+]=[N-])c(C(F)(F)F)c(N=[N+]=[N-])c1Cl. The molecule has 20 heavy (non-hydrogen) atoms. The molecule has 102 valence electrons. The van der Waals surface area contributed by atoms with Crippen molar-refractivity contribution in [3.05, 3.63) is 41.9 Å². The van der Waals surface area contributed by atoms with E-state index in [-0.39, 0.29) is 0 Å². The highest BCUT2D eigenvalue weighted by atomic mass is 35.5. The number of halogens is 4. The quantitative estimate of drug-likeness (QED) is 0.398. The summed E-state index contributed by atoms with van der Waals surface area (Å²) in [6, 6.07) is 0. The molecule has 0 aromatic carbocycles. The van der Waals surface area contributed by atoms with Crippen LogP contribution < -0.4 is 0 Å². The number of nitrogens with zero attached hydrogens (tertiary/aromatic N) is 10. The Morgan fingerprint density at radius 1 is 0.950 bits per heavy atom. The van der Waals surface area contributed by atoms with E-state index in [4.69, 9.17) is 28.2 Å². The second-order valence-electron chi connectivity index (χ2n) is 2.86. The Balaban J connectivity index is 3.97. The van der Waals surface area contributed by atoms with Crippen molar-refractivity contribution in [3.63, 3.8) is 0 Å². The normalized spacial score (nSPS) is 10.0. The van der Waals surface area contributed by atoms with Crippen LogP contribution in [0.4, 0.5) is 30.5 Å². The predicted octanol–water partition coefficient (Wildman–Crippen LogP) is 5.58. The Kier molecular flexibility index (Phi) is 4.46. The molecule has 0 fully saturated rings. The van der Waals surface area contributed by atoms with Gasteiger partial charge >= 0.3 is 6.18 Å². The molecule has 1 aromatic heterocycles. The summed E-state index contributed by atoms with van der Waals surface area (Å²) in [5, 5.41) is 7.61. The smallest absolute Gasteiger partial charge is 0.242 e. The lowest BCUT2D eigenvalue weighted by molar-refractivity contribution is -0.136. The number of hydrogen-bond donors (Lipinski definition) is 0. The zero-order chi connectivity index (χ0) is 15.3. The zero-order valence-electron chi connectivity index (χ0n) is 8.98. The average molecular weight is 305 g/mol. The molecule has 0 saturated heterocycles. The minimum Gasteiger partial charge on any atom is -0.242 e. The van der Waals surface area contributed by atoms with Crippen molar-refractivity contribution in [3.8, 4) is 0 Å². The fourth-order valence-electron chi connectivity index (χ4n) is 1.15. The van der Waals surface area contributed by atoms with E-state index >= 15 is 0 Å². The van der Waals surface area contributed by atoms with Gasteiger partial charge in [0.25, 0.3) is 0 Å². The Morgan fingerprint density at radius 3 is 1.90 bits per heavy atom. The molecule has 0 amide bonds. The van der Waals surface area contributed by atoms with E-state index in [1.807, 2.05) is 0 Å². The van der Waals surface area contributed by atoms with Crippen LogP contribution in [0.25, 0.3) is 31.3 Å². The van der Waals surface area contributed by atoms with Crippen LogP contribution >= 0.6 is 11.6 Å². The van der Waals surface area contributed by atoms with Gasteiger partial charge in [-0.25, -0.2) is 4.98 Å². The Morgan fingerprint density at radius 2 is 1.45 bits per heavy atom. The molecule has 0 radical (unpaired) electrons. The molecule has 0 spiro atoms. The van der Waals surface area contributed by atoms with Crippen LogP contribution in [0, 0.1) is 0 Å². The molecule has 0 unspecified atom stereocenters. The summed E-state index contributed by atoms with van der Waals surface area (Å²) in [7, 11) is 0. The molecule has 0 atom stereocenters. The summed E-state index contributed by atoms with van der Waals surface area (Å²) in [5.41, 5.74) is 22.0. The first-order valence-electron chi connectivity index (χ1n) is 4.32. The van der Waals surface area contributed by atoms with Gasteiger partial charge in [0.15, 0.2) is 0 Å². The molecule has 14 heteroatoms. The van der Waals surface area contributed by atoms with Gasteiger partial charge in [0.2, 0.25) is 0 Å². The highest BCUT2D eigenvalue weighted by Crippen LogP contribution is 2.48. The summed E-state index contributed by atoms with van der Waals surface area (Å²) in [6.45, 7) is 0. The van der Waals surface area contributed by atoms with Crippen molar-refractivity contribution in [1.82, 2.24) is 4.98 Å². The molecule has 1 aromatic rings. The van der Waals surface area contributed by atoms with E-state index in [0.717, 1.165) is 0 Å². The van der Waals surface area contributed by atoms with Gasteiger partial charge in [-0.05, 0) is 26.8 Å². The van der Waals surface area contributed by atoms with Crippen molar-refractivity contribution < 1.29 is 13.2 Å². The van der Waals surface area contributed by atoms with Crippen molar-refractivity contribution in [1.29, 1.82) is 0 Å². The van der Waals surface area contributed by atoms with E-state index in [9.17, 15) is 13.2 Å². The maximum Gasteiger partial charge on any atom is 0.418 e. The van der Waals surface area contributed by atoms with Gasteiger partial charge in [-0.15, -0.1) is 0 Å². The number of azide groups is 3. The second-order valence-corrected chi connectivity index (χ2v) is 3.24. The standard InChI is InChI=1S/C6ClF3N10/c7-2-3(15-18-11)1(6(8,9)10)4(16-19-12)14-5(2)17-20-13. The maximum absolute atomic E-state index is 12.9. The summed E-state index contributed by atoms with van der Waals surface area (Å²) < 4.78 is 38.7. The van der Waals surface area contributed by atoms with Gasteiger partial charge in [-0.3, -0.25) is 0 Å². The molecular weight excluding hydrogens is 305 g/mol. The molecule has 1 heterocycles. The second kappa shape index (κ2) is 5.87. The lowest BCUT2D eigenvalue weighted by Crippen LogP contribution is -2.07. The number of pyridine rings is 1. The monoisotopic (exact) mass is 304 g/mol. The van der Waals surface area contributed by atoms with Crippen LogP contribution in [0.5, 0.6) is 0 Å². The molecule has 0 aliphatic rings. The lowest BCUT2D eigenvalue weighted by Gasteiger charge is -2.14. The van der Waals surface area contributed by atoms with Gasteiger partial charge < -0.3 is 0 Å².